The summed E-state index contributed by atoms with van der Waals surface area (Å²) < 4.78 is 11.5. The fourth-order valence-corrected chi connectivity index (χ4v) is 2.50. The zero-order valence-corrected chi connectivity index (χ0v) is 12.4. The molecule has 0 saturated heterocycles. The zero-order valence-electron chi connectivity index (χ0n) is 12.4. The van der Waals surface area contributed by atoms with Crippen LogP contribution in [0.5, 0.6) is 0 Å². The highest BCUT2D eigenvalue weighted by Gasteiger charge is 2.23. The number of hydrogen-bond donors (Lipinski definition) is 2. The molecule has 1 unspecified atom stereocenters. The number of rotatable bonds is 4. The molecule has 0 bridgehead atoms. The Morgan fingerprint density at radius 1 is 0.864 bits per heavy atom. The van der Waals surface area contributed by atoms with E-state index in [1.165, 1.54) is 0 Å². The number of quaternary nitrogens is 1. The van der Waals surface area contributed by atoms with Crippen LogP contribution in [-0.2, 0) is 0 Å². The van der Waals surface area contributed by atoms with Crippen molar-refractivity contribution < 1.29 is 19.3 Å². The van der Waals surface area contributed by atoms with Crippen LogP contribution >= 0.6 is 0 Å². The molecule has 2 aromatic heterocycles. The fraction of sp³-hybridized carbons (Fsp3) is 0.176. The highest BCUT2D eigenvalue weighted by atomic mass is 16.8. The largest absolute Gasteiger partial charge is 0.595 e. The lowest BCUT2D eigenvalue weighted by Crippen LogP contribution is -2.99. The van der Waals surface area contributed by atoms with Crippen molar-refractivity contribution in [2.45, 2.75) is 19.8 Å². The maximum Gasteiger partial charge on any atom is 0.163 e. The summed E-state index contributed by atoms with van der Waals surface area (Å²) in [5, 5.41) is 19.1. The van der Waals surface area contributed by atoms with E-state index in [-0.39, 0.29) is 11.6 Å². The molecule has 0 spiro atoms. The van der Waals surface area contributed by atoms with E-state index in [1.807, 2.05) is 38.1 Å². The standard InChI is InChI=1S/C17H17NO4/c1-11-3-9-15(21-11)17(16-10-4-12(2)22-16)13-5-7-14(8-6-13)18(19)20/h3-10,17-19H,1-2H3. The van der Waals surface area contributed by atoms with Gasteiger partial charge in [-0.15, -0.1) is 0 Å². The van der Waals surface area contributed by atoms with Gasteiger partial charge in [0, 0.05) is 12.1 Å². The predicted molar refractivity (Wildman–Crippen MR) is 80.1 cm³/mol. The van der Waals surface area contributed by atoms with E-state index in [0.29, 0.717) is 0 Å². The second-order valence-corrected chi connectivity index (χ2v) is 5.26. The summed E-state index contributed by atoms with van der Waals surface area (Å²) in [5.41, 5.74) is 1.18. The van der Waals surface area contributed by atoms with Gasteiger partial charge in [0.25, 0.3) is 0 Å². The molecule has 0 radical (unpaired) electrons. The van der Waals surface area contributed by atoms with Gasteiger partial charge in [-0.3, -0.25) is 0 Å². The Hall–Kier alpha value is -2.34. The third-order valence-corrected chi connectivity index (χ3v) is 3.58. The second kappa shape index (κ2) is 5.81. The van der Waals surface area contributed by atoms with E-state index in [1.54, 1.807) is 24.3 Å². The molecule has 3 aromatic rings. The molecular formula is C17H17NO4. The molecule has 1 aromatic carbocycles. The first kappa shape index (κ1) is 14.6. The molecule has 114 valence electrons. The van der Waals surface area contributed by atoms with Crippen LogP contribution in [0.25, 0.3) is 0 Å². The Morgan fingerprint density at radius 2 is 1.36 bits per heavy atom. The number of benzene rings is 1. The number of furan rings is 2. The van der Waals surface area contributed by atoms with E-state index in [2.05, 4.69) is 0 Å². The summed E-state index contributed by atoms with van der Waals surface area (Å²) in [5.74, 6) is 3.01. The van der Waals surface area contributed by atoms with Crippen molar-refractivity contribution in [3.05, 3.63) is 82.3 Å². The predicted octanol–water partition coefficient (Wildman–Crippen LogP) is 3.07. The van der Waals surface area contributed by atoms with E-state index in [0.717, 1.165) is 28.6 Å². The number of nitrogens with one attached hydrogen (secondary N) is 1. The molecule has 5 nitrogen and oxygen atoms in total. The molecule has 2 N–H and O–H groups in total. The molecule has 2 heterocycles. The van der Waals surface area contributed by atoms with Gasteiger partial charge in [0.15, 0.2) is 5.69 Å². The van der Waals surface area contributed by atoms with Crippen molar-refractivity contribution in [3.8, 4) is 0 Å². The lowest BCUT2D eigenvalue weighted by Gasteiger charge is -2.15. The molecular weight excluding hydrogens is 282 g/mol. The first-order valence-electron chi connectivity index (χ1n) is 7.00. The molecule has 0 aliphatic rings. The van der Waals surface area contributed by atoms with E-state index in [9.17, 15) is 5.21 Å². The normalized spacial score (nSPS) is 12.8. The number of aryl methyl sites for hydroxylation is 2. The van der Waals surface area contributed by atoms with Crippen LogP contribution in [0.2, 0.25) is 0 Å². The van der Waals surface area contributed by atoms with E-state index >= 15 is 0 Å². The molecule has 3 rings (SSSR count). The smallest absolute Gasteiger partial charge is 0.163 e. The fourth-order valence-electron chi connectivity index (χ4n) is 2.50. The molecule has 0 fully saturated rings. The summed E-state index contributed by atoms with van der Waals surface area (Å²) in [6.45, 7) is 3.78. The van der Waals surface area contributed by atoms with E-state index in [4.69, 9.17) is 14.0 Å². The third-order valence-electron chi connectivity index (χ3n) is 3.58. The van der Waals surface area contributed by atoms with Crippen LogP contribution in [0.3, 0.4) is 0 Å². The third kappa shape index (κ3) is 2.82. The van der Waals surface area contributed by atoms with Crippen molar-refractivity contribution in [2.24, 2.45) is 0 Å². The van der Waals surface area contributed by atoms with Gasteiger partial charge in [-0.1, -0.05) is 12.1 Å². The lowest BCUT2D eigenvalue weighted by atomic mass is 9.94. The van der Waals surface area contributed by atoms with Crippen molar-refractivity contribution in [1.29, 1.82) is 0 Å². The van der Waals surface area contributed by atoms with Gasteiger partial charge in [0.1, 0.15) is 29.0 Å². The first-order valence-corrected chi connectivity index (χ1v) is 7.00. The molecule has 0 aliphatic carbocycles. The zero-order chi connectivity index (χ0) is 15.7. The summed E-state index contributed by atoms with van der Waals surface area (Å²) in [6, 6.07) is 14.4. The minimum Gasteiger partial charge on any atom is -0.595 e. The summed E-state index contributed by atoms with van der Waals surface area (Å²) in [6.07, 6.45) is 0. The van der Waals surface area contributed by atoms with Gasteiger partial charge in [-0.25, -0.2) is 5.21 Å². The average molecular weight is 299 g/mol. The van der Waals surface area contributed by atoms with Gasteiger partial charge < -0.3 is 14.0 Å². The van der Waals surface area contributed by atoms with Gasteiger partial charge >= 0.3 is 0 Å². The molecule has 0 aliphatic heterocycles. The second-order valence-electron chi connectivity index (χ2n) is 5.26. The van der Waals surface area contributed by atoms with Gasteiger partial charge in [-0.05, 0) is 43.7 Å². The highest BCUT2D eigenvalue weighted by Crippen LogP contribution is 2.34. The maximum absolute atomic E-state index is 11.0. The van der Waals surface area contributed by atoms with Crippen molar-refractivity contribution in [3.63, 3.8) is 0 Å². The molecule has 5 heteroatoms. The summed E-state index contributed by atoms with van der Waals surface area (Å²) >= 11 is 0. The Bertz CT molecular complexity index is 715. The lowest BCUT2D eigenvalue weighted by molar-refractivity contribution is -0.991. The average Bonchev–Trinajstić information content (AvgIpc) is 3.09. The van der Waals surface area contributed by atoms with Gasteiger partial charge in [0.2, 0.25) is 0 Å². The Morgan fingerprint density at radius 3 is 1.73 bits per heavy atom. The van der Waals surface area contributed by atoms with Crippen LogP contribution < -0.4 is 5.23 Å². The maximum atomic E-state index is 11.0. The van der Waals surface area contributed by atoms with Crippen LogP contribution in [0.1, 0.15) is 34.5 Å². The summed E-state index contributed by atoms with van der Waals surface area (Å²) in [4.78, 5) is 0. The SMILES string of the molecule is Cc1ccc(C(c2ccc([NH+]([O-])O)cc2)c2ccc(C)o2)o1. The Kier molecular flexibility index (Phi) is 3.85. The highest BCUT2D eigenvalue weighted by molar-refractivity contribution is 5.41. The monoisotopic (exact) mass is 299 g/mol. The van der Waals surface area contributed by atoms with Crippen molar-refractivity contribution in [2.75, 3.05) is 0 Å². The topological polar surface area (TPSA) is 74.0 Å². The van der Waals surface area contributed by atoms with Crippen LogP contribution in [0, 0.1) is 19.1 Å². The molecule has 0 saturated carbocycles. The molecule has 1 atom stereocenters. The molecule has 22 heavy (non-hydrogen) atoms. The van der Waals surface area contributed by atoms with Gasteiger partial charge in [0.05, 0.1) is 0 Å². The quantitative estimate of drug-likeness (QED) is 0.726. The first-order chi connectivity index (χ1) is 10.5. The Labute approximate surface area is 127 Å². The van der Waals surface area contributed by atoms with Crippen molar-refractivity contribution >= 4 is 5.69 Å². The van der Waals surface area contributed by atoms with Crippen molar-refractivity contribution in [1.82, 2.24) is 0 Å². The minimum absolute atomic E-state index is 0.190. The minimum atomic E-state index is -0.939. The number of hydrogen-bond acceptors (Lipinski definition) is 4. The van der Waals surface area contributed by atoms with Crippen LogP contribution in [0.15, 0.2) is 57.4 Å². The molecule has 0 amide bonds. The summed E-state index contributed by atoms with van der Waals surface area (Å²) in [7, 11) is 0. The van der Waals surface area contributed by atoms with E-state index < -0.39 is 5.23 Å². The van der Waals surface area contributed by atoms with Crippen LogP contribution in [0.4, 0.5) is 5.69 Å². The van der Waals surface area contributed by atoms with Gasteiger partial charge in [-0.2, -0.15) is 5.23 Å². The van der Waals surface area contributed by atoms with Crippen LogP contribution in [-0.4, -0.2) is 5.21 Å². The Balaban J connectivity index is 2.05.